The summed E-state index contributed by atoms with van der Waals surface area (Å²) in [5.74, 6) is -0.0183. The van der Waals surface area contributed by atoms with E-state index in [4.69, 9.17) is 0 Å². The van der Waals surface area contributed by atoms with E-state index in [9.17, 15) is 9.59 Å². The first-order valence-electron chi connectivity index (χ1n) is 10.0. The van der Waals surface area contributed by atoms with Crippen molar-refractivity contribution >= 4 is 11.8 Å². The van der Waals surface area contributed by atoms with Gasteiger partial charge in [-0.15, -0.1) is 0 Å². The third kappa shape index (κ3) is 5.92. The van der Waals surface area contributed by atoms with Gasteiger partial charge in [0.25, 0.3) is 5.91 Å². The van der Waals surface area contributed by atoms with E-state index >= 15 is 0 Å². The summed E-state index contributed by atoms with van der Waals surface area (Å²) in [6, 6.07) is 19.4. The van der Waals surface area contributed by atoms with E-state index in [0.29, 0.717) is 12.0 Å². The van der Waals surface area contributed by atoms with Crippen molar-refractivity contribution in [3.63, 3.8) is 0 Å². The molecule has 1 saturated heterocycles. The van der Waals surface area contributed by atoms with Crippen molar-refractivity contribution in [1.82, 2.24) is 15.1 Å². The van der Waals surface area contributed by atoms with Gasteiger partial charge < -0.3 is 10.2 Å². The topological polar surface area (TPSA) is 52.7 Å². The SMILES string of the molecule is CC(CC(=O)N1CCN(CCc2ccccc2)CC1)NC(=O)c1ccccc1. The Bertz CT molecular complexity index is 756. The van der Waals surface area contributed by atoms with Crippen LogP contribution in [0.2, 0.25) is 0 Å². The predicted molar refractivity (Wildman–Crippen MR) is 111 cm³/mol. The summed E-state index contributed by atoms with van der Waals surface area (Å²) < 4.78 is 0. The molecule has 5 heteroatoms. The first-order valence-corrected chi connectivity index (χ1v) is 10.0. The van der Waals surface area contributed by atoms with Crippen LogP contribution in [0.1, 0.15) is 29.3 Å². The second-order valence-electron chi connectivity index (χ2n) is 7.40. The van der Waals surface area contributed by atoms with Crippen LogP contribution >= 0.6 is 0 Å². The highest BCUT2D eigenvalue weighted by Crippen LogP contribution is 2.08. The summed E-state index contributed by atoms with van der Waals surface area (Å²) in [5.41, 5.74) is 1.97. The second kappa shape index (κ2) is 10.0. The average molecular weight is 380 g/mol. The van der Waals surface area contributed by atoms with Crippen LogP contribution < -0.4 is 5.32 Å². The van der Waals surface area contributed by atoms with Crippen LogP contribution in [0.3, 0.4) is 0 Å². The van der Waals surface area contributed by atoms with Gasteiger partial charge in [-0.2, -0.15) is 0 Å². The van der Waals surface area contributed by atoms with Gasteiger partial charge in [-0.25, -0.2) is 0 Å². The Hall–Kier alpha value is -2.66. The van der Waals surface area contributed by atoms with Crippen LogP contribution in [0.5, 0.6) is 0 Å². The summed E-state index contributed by atoms with van der Waals surface area (Å²) >= 11 is 0. The Morgan fingerprint density at radius 1 is 0.929 bits per heavy atom. The van der Waals surface area contributed by atoms with Gasteiger partial charge in [0.1, 0.15) is 0 Å². The van der Waals surface area contributed by atoms with Crippen molar-refractivity contribution in [1.29, 1.82) is 0 Å². The van der Waals surface area contributed by atoms with Crippen molar-refractivity contribution in [2.45, 2.75) is 25.8 Å². The number of amides is 2. The normalized spacial score (nSPS) is 15.8. The molecule has 28 heavy (non-hydrogen) atoms. The number of nitrogens with zero attached hydrogens (tertiary/aromatic N) is 2. The van der Waals surface area contributed by atoms with Gasteiger partial charge in [0.05, 0.1) is 0 Å². The number of benzene rings is 2. The molecule has 1 heterocycles. The fourth-order valence-electron chi connectivity index (χ4n) is 3.49. The molecule has 2 amide bonds. The monoisotopic (exact) mass is 379 g/mol. The highest BCUT2D eigenvalue weighted by atomic mass is 16.2. The number of hydrogen-bond acceptors (Lipinski definition) is 3. The van der Waals surface area contributed by atoms with E-state index in [1.165, 1.54) is 5.56 Å². The maximum absolute atomic E-state index is 12.6. The molecule has 0 radical (unpaired) electrons. The third-order valence-corrected chi connectivity index (χ3v) is 5.18. The van der Waals surface area contributed by atoms with E-state index in [1.807, 2.05) is 36.1 Å². The van der Waals surface area contributed by atoms with E-state index < -0.39 is 0 Å². The highest BCUT2D eigenvalue weighted by Gasteiger charge is 2.22. The van der Waals surface area contributed by atoms with Crippen LogP contribution in [-0.2, 0) is 11.2 Å². The minimum atomic E-state index is -0.184. The molecule has 2 aromatic rings. The first-order chi connectivity index (χ1) is 13.6. The summed E-state index contributed by atoms with van der Waals surface area (Å²) in [7, 11) is 0. The van der Waals surface area contributed by atoms with Gasteiger partial charge in [-0.05, 0) is 31.0 Å². The molecule has 2 aromatic carbocycles. The molecule has 3 rings (SSSR count). The van der Waals surface area contributed by atoms with Gasteiger partial charge in [-0.1, -0.05) is 48.5 Å². The maximum atomic E-state index is 12.6. The summed E-state index contributed by atoms with van der Waals surface area (Å²) in [5, 5.41) is 2.92. The number of rotatable bonds is 7. The van der Waals surface area contributed by atoms with Crippen LogP contribution in [-0.4, -0.2) is 60.4 Å². The van der Waals surface area contributed by atoms with Crippen LogP contribution in [0.25, 0.3) is 0 Å². The molecule has 1 unspecified atom stereocenters. The van der Waals surface area contributed by atoms with Crippen molar-refractivity contribution in [3.05, 3.63) is 71.8 Å². The molecule has 0 spiro atoms. The van der Waals surface area contributed by atoms with Gasteiger partial charge in [-0.3, -0.25) is 14.5 Å². The smallest absolute Gasteiger partial charge is 0.251 e. The predicted octanol–water partition coefficient (Wildman–Crippen LogP) is 2.58. The molecule has 1 atom stereocenters. The zero-order chi connectivity index (χ0) is 19.8. The minimum absolute atomic E-state index is 0.114. The number of hydrogen-bond donors (Lipinski definition) is 1. The fourth-order valence-corrected chi connectivity index (χ4v) is 3.49. The van der Waals surface area contributed by atoms with Gasteiger partial charge >= 0.3 is 0 Å². The largest absolute Gasteiger partial charge is 0.349 e. The number of piperazine rings is 1. The molecule has 1 aliphatic rings. The summed E-state index contributed by atoms with van der Waals surface area (Å²) in [4.78, 5) is 29.1. The van der Waals surface area contributed by atoms with E-state index in [2.05, 4.69) is 34.5 Å². The van der Waals surface area contributed by atoms with E-state index in [0.717, 1.165) is 39.1 Å². The Balaban J connectivity index is 1.38. The van der Waals surface area contributed by atoms with E-state index in [-0.39, 0.29) is 17.9 Å². The van der Waals surface area contributed by atoms with Crippen molar-refractivity contribution in [2.75, 3.05) is 32.7 Å². The minimum Gasteiger partial charge on any atom is -0.349 e. The maximum Gasteiger partial charge on any atom is 0.251 e. The van der Waals surface area contributed by atoms with Gasteiger partial charge in [0.15, 0.2) is 0 Å². The third-order valence-electron chi connectivity index (χ3n) is 5.18. The molecule has 148 valence electrons. The molecule has 1 fully saturated rings. The summed E-state index contributed by atoms with van der Waals surface area (Å²) in [6.07, 6.45) is 1.37. The van der Waals surface area contributed by atoms with Crippen LogP contribution in [0, 0.1) is 0 Å². The van der Waals surface area contributed by atoms with Crippen LogP contribution in [0.4, 0.5) is 0 Å². The quantitative estimate of drug-likeness (QED) is 0.805. The van der Waals surface area contributed by atoms with Gasteiger partial charge in [0, 0.05) is 50.7 Å². The Morgan fingerprint density at radius 3 is 2.18 bits per heavy atom. The fraction of sp³-hybridized carbons (Fsp3) is 0.391. The van der Waals surface area contributed by atoms with Crippen molar-refractivity contribution in [3.8, 4) is 0 Å². The molecule has 0 aliphatic carbocycles. The Labute approximate surface area is 167 Å². The lowest BCUT2D eigenvalue weighted by atomic mass is 10.1. The average Bonchev–Trinajstić information content (AvgIpc) is 2.74. The zero-order valence-electron chi connectivity index (χ0n) is 16.5. The number of carbonyl (C=O) groups excluding carboxylic acids is 2. The van der Waals surface area contributed by atoms with Gasteiger partial charge in [0.2, 0.25) is 5.91 Å². The lowest BCUT2D eigenvalue weighted by Crippen LogP contribution is -2.50. The zero-order valence-corrected chi connectivity index (χ0v) is 16.5. The highest BCUT2D eigenvalue weighted by molar-refractivity contribution is 5.94. The van der Waals surface area contributed by atoms with Crippen LogP contribution in [0.15, 0.2) is 60.7 Å². The molecule has 0 saturated carbocycles. The molecule has 1 aliphatic heterocycles. The molecular weight excluding hydrogens is 350 g/mol. The standard InChI is InChI=1S/C23H29N3O2/c1-19(24-23(28)21-10-6-3-7-11-21)18-22(27)26-16-14-25(15-17-26)13-12-20-8-4-2-5-9-20/h2-11,19H,12-18H2,1H3,(H,24,28). The first kappa shape index (κ1) is 20.1. The number of carbonyl (C=O) groups is 2. The Kier molecular flexibility index (Phi) is 7.20. The molecule has 0 aromatic heterocycles. The van der Waals surface area contributed by atoms with E-state index in [1.54, 1.807) is 12.1 Å². The lowest BCUT2D eigenvalue weighted by molar-refractivity contribution is -0.133. The molecule has 1 N–H and O–H groups in total. The van der Waals surface area contributed by atoms with Crippen molar-refractivity contribution in [2.24, 2.45) is 0 Å². The Morgan fingerprint density at radius 2 is 1.54 bits per heavy atom. The van der Waals surface area contributed by atoms with Crippen molar-refractivity contribution < 1.29 is 9.59 Å². The molecule has 5 nitrogen and oxygen atoms in total. The lowest BCUT2D eigenvalue weighted by Gasteiger charge is -2.35. The second-order valence-corrected chi connectivity index (χ2v) is 7.40. The summed E-state index contributed by atoms with van der Waals surface area (Å²) in [6.45, 7) is 6.23. The number of nitrogens with one attached hydrogen (secondary N) is 1. The molecule has 0 bridgehead atoms. The molecular formula is C23H29N3O2.